The number of hydrogen-bond donors (Lipinski definition) is 1. The molecule has 0 unspecified atom stereocenters. The molecule has 0 aliphatic heterocycles. The van der Waals surface area contributed by atoms with Crippen LogP contribution in [0.25, 0.3) is 0 Å². The van der Waals surface area contributed by atoms with E-state index in [1.165, 1.54) is 37.7 Å². The van der Waals surface area contributed by atoms with Crippen LogP contribution in [0.5, 0.6) is 0 Å². The van der Waals surface area contributed by atoms with E-state index in [1.807, 2.05) is 18.2 Å². The minimum Gasteiger partial charge on any atom is -0.360 e. The molecule has 0 radical (unpaired) electrons. The maximum absolute atomic E-state index is 8.84. The van der Waals surface area contributed by atoms with Gasteiger partial charge < -0.3 is 10.2 Å². The molecule has 1 N–H and O–H groups in total. The minimum atomic E-state index is 0.499. The maximum Gasteiger partial charge on any atom is 0.169 e. The van der Waals surface area contributed by atoms with Crippen molar-refractivity contribution in [2.75, 3.05) is 6.54 Å². The van der Waals surface area contributed by atoms with Crippen LogP contribution in [0.4, 0.5) is 0 Å². The second-order valence-electron chi connectivity index (χ2n) is 5.60. The molecular weight excluding hydrogens is 278 g/mol. The van der Waals surface area contributed by atoms with E-state index < -0.39 is 0 Å². The first-order valence-corrected chi connectivity index (χ1v) is 8.17. The topological polar surface area (TPSA) is 39.1 Å². The van der Waals surface area contributed by atoms with Gasteiger partial charge in [-0.25, -0.2) is 0 Å². The van der Waals surface area contributed by atoms with Crippen LogP contribution in [-0.2, 0) is 6.54 Å². The fraction of sp³-hybridized carbons (Fsp3) is 0.529. The molecule has 1 aromatic carbocycles. The van der Waals surface area contributed by atoms with Crippen molar-refractivity contribution >= 4 is 17.3 Å². The van der Waals surface area contributed by atoms with Crippen molar-refractivity contribution < 1.29 is 0 Å². The summed E-state index contributed by atoms with van der Waals surface area (Å²) in [5.74, 6) is 0. The molecule has 1 aromatic rings. The van der Waals surface area contributed by atoms with Gasteiger partial charge in [0.25, 0.3) is 0 Å². The number of thiocarbonyl (C=S) groups is 1. The van der Waals surface area contributed by atoms with Crippen LogP contribution in [0.3, 0.4) is 0 Å². The van der Waals surface area contributed by atoms with E-state index >= 15 is 0 Å². The monoisotopic (exact) mass is 301 g/mol. The standard InChI is InChI=1S/C17H23N3S/c18-12-7-13-20(14-15-8-3-1-4-9-15)17(21)19-16-10-5-2-6-11-16/h1,3-4,8-9,16H,2,5-7,10-11,13-14H2,(H,19,21). The molecule has 0 spiro atoms. The van der Waals surface area contributed by atoms with Crippen LogP contribution < -0.4 is 5.32 Å². The number of nitriles is 1. The van der Waals surface area contributed by atoms with Gasteiger partial charge in [-0.3, -0.25) is 0 Å². The first kappa shape index (κ1) is 15.8. The number of benzene rings is 1. The lowest BCUT2D eigenvalue weighted by Gasteiger charge is -2.30. The summed E-state index contributed by atoms with van der Waals surface area (Å²) in [5, 5.41) is 13.1. The van der Waals surface area contributed by atoms with Crippen LogP contribution in [0.1, 0.15) is 44.1 Å². The van der Waals surface area contributed by atoms with E-state index in [4.69, 9.17) is 17.5 Å². The largest absolute Gasteiger partial charge is 0.360 e. The Kier molecular flexibility index (Phi) is 6.49. The lowest BCUT2D eigenvalue weighted by molar-refractivity contribution is 0.371. The van der Waals surface area contributed by atoms with Crippen molar-refractivity contribution in [2.45, 2.75) is 51.1 Å². The molecule has 4 heteroatoms. The Hall–Kier alpha value is -1.60. The summed E-state index contributed by atoms with van der Waals surface area (Å²) in [4.78, 5) is 2.11. The van der Waals surface area contributed by atoms with Gasteiger partial charge in [0, 0.05) is 19.1 Å². The van der Waals surface area contributed by atoms with Gasteiger partial charge in [-0.1, -0.05) is 49.6 Å². The molecule has 0 heterocycles. The summed E-state index contributed by atoms with van der Waals surface area (Å²) in [6.45, 7) is 1.45. The Morgan fingerprint density at radius 2 is 1.95 bits per heavy atom. The average molecular weight is 301 g/mol. The summed E-state index contributed by atoms with van der Waals surface area (Å²) in [6, 6.07) is 13.0. The van der Waals surface area contributed by atoms with Gasteiger partial charge >= 0.3 is 0 Å². The molecule has 0 aromatic heterocycles. The number of nitrogens with one attached hydrogen (secondary N) is 1. The smallest absolute Gasteiger partial charge is 0.169 e. The fourth-order valence-corrected chi connectivity index (χ4v) is 3.08. The predicted octanol–water partition coefficient (Wildman–Crippen LogP) is 3.61. The van der Waals surface area contributed by atoms with Crippen molar-refractivity contribution in [1.29, 1.82) is 5.26 Å². The van der Waals surface area contributed by atoms with Crippen LogP contribution in [0, 0.1) is 11.3 Å². The van der Waals surface area contributed by atoms with Crippen LogP contribution in [-0.4, -0.2) is 22.6 Å². The van der Waals surface area contributed by atoms with E-state index in [2.05, 4.69) is 28.4 Å². The molecule has 112 valence electrons. The highest BCUT2D eigenvalue weighted by Gasteiger charge is 2.17. The van der Waals surface area contributed by atoms with E-state index in [1.54, 1.807) is 0 Å². The van der Waals surface area contributed by atoms with Crippen LogP contribution in [0.15, 0.2) is 30.3 Å². The van der Waals surface area contributed by atoms with Crippen molar-refractivity contribution in [3.63, 3.8) is 0 Å². The Morgan fingerprint density at radius 1 is 1.24 bits per heavy atom. The average Bonchev–Trinajstić information content (AvgIpc) is 2.53. The molecule has 0 saturated heterocycles. The zero-order valence-corrected chi connectivity index (χ0v) is 13.2. The maximum atomic E-state index is 8.84. The molecule has 0 bridgehead atoms. The Labute approximate surface area is 133 Å². The zero-order valence-electron chi connectivity index (χ0n) is 12.4. The number of rotatable bonds is 5. The first-order valence-electron chi connectivity index (χ1n) is 7.76. The lowest BCUT2D eigenvalue weighted by atomic mass is 9.96. The van der Waals surface area contributed by atoms with Gasteiger partial charge in [0.2, 0.25) is 0 Å². The van der Waals surface area contributed by atoms with Crippen LogP contribution >= 0.6 is 12.2 Å². The molecule has 1 aliphatic carbocycles. The van der Waals surface area contributed by atoms with Crippen LogP contribution in [0.2, 0.25) is 0 Å². The lowest BCUT2D eigenvalue weighted by Crippen LogP contribution is -2.45. The Bertz CT molecular complexity index is 475. The van der Waals surface area contributed by atoms with Gasteiger partial charge in [0.1, 0.15) is 0 Å². The molecule has 1 aliphatic rings. The van der Waals surface area contributed by atoms with E-state index in [0.717, 1.165) is 11.7 Å². The highest BCUT2D eigenvalue weighted by molar-refractivity contribution is 7.80. The number of nitrogens with zero attached hydrogens (tertiary/aromatic N) is 2. The third-order valence-corrected chi connectivity index (χ3v) is 4.31. The normalized spacial score (nSPS) is 15.2. The van der Waals surface area contributed by atoms with Crippen molar-refractivity contribution in [3.05, 3.63) is 35.9 Å². The molecule has 0 atom stereocenters. The minimum absolute atomic E-state index is 0.499. The Balaban J connectivity index is 1.94. The van der Waals surface area contributed by atoms with Crippen molar-refractivity contribution in [2.24, 2.45) is 0 Å². The molecule has 1 saturated carbocycles. The summed E-state index contributed by atoms with van der Waals surface area (Å²) in [7, 11) is 0. The van der Waals surface area contributed by atoms with Gasteiger partial charge in [-0.05, 0) is 30.6 Å². The van der Waals surface area contributed by atoms with Crippen molar-refractivity contribution in [3.8, 4) is 6.07 Å². The highest BCUT2D eigenvalue weighted by Crippen LogP contribution is 2.18. The quantitative estimate of drug-likeness (QED) is 0.843. The molecule has 2 rings (SSSR count). The molecule has 21 heavy (non-hydrogen) atoms. The van der Waals surface area contributed by atoms with E-state index in [9.17, 15) is 0 Å². The van der Waals surface area contributed by atoms with E-state index in [0.29, 0.717) is 19.0 Å². The van der Waals surface area contributed by atoms with Gasteiger partial charge in [-0.15, -0.1) is 0 Å². The third kappa shape index (κ3) is 5.35. The predicted molar refractivity (Wildman–Crippen MR) is 89.7 cm³/mol. The second kappa shape index (κ2) is 8.63. The van der Waals surface area contributed by atoms with Crippen molar-refractivity contribution in [1.82, 2.24) is 10.2 Å². The summed E-state index contributed by atoms with van der Waals surface area (Å²) in [5.41, 5.74) is 1.23. The summed E-state index contributed by atoms with van der Waals surface area (Å²) >= 11 is 5.57. The van der Waals surface area contributed by atoms with E-state index in [-0.39, 0.29) is 0 Å². The van der Waals surface area contributed by atoms with Gasteiger partial charge in [0.15, 0.2) is 5.11 Å². The summed E-state index contributed by atoms with van der Waals surface area (Å²) in [6.07, 6.45) is 6.83. The van der Waals surface area contributed by atoms with Gasteiger partial charge in [-0.2, -0.15) is 5.26 Å². The fourth-order valence-electron chi connectivity index (χ4n) is 2.75. The Morgan fingerprint density at radius 3 is 2.62 bits per heavy atom. The highest BCUT2D eigenvalue weighted by atomic mass is 32.1. The number of hydrogen-bond acceptors (Lipinski definition) is 2. The molecule has 0 amide bonds. The zero-order chi connectivity index (χ0) is 14.9. The molecule has 1 fully saturated rings. The van der Waals surface area contributed by atoms with Gasteiger partial charge in [0.05, 0.1) is 12.5 Å². The second-order valence-corrected chi connectivity index (χ2v) is 5.99. The molecular formula is C17H23N3S. The molecule has 3 nitrogen and oxygen atoms in total. The first-order chi connectivity index (χ1) is 10.3. The summed E-state index contributed by atoms with van der Waals surface area (Å²) < 4.78 is 0. The SMILES string of the molecule is N#CCCN(Cc1ccccc1)C(=S)NC1CCCCC1. The third-order valence-electron chi connectivity index (χ3n) is 3.93.